The first-order chi connectivity index (χ1) is 8.28. The van der Waals surface area contributed by atoms with Gasteiger partial charge < -0.3 is 9.84 Å². The molecule has 1 unspecified atom stereocenters. The van der Waals surface area contributed by atoms with Crippen LogP contribution in [-0.4, -0.2) is 39.4 Å². The van der Waals surface area contributed by atoms with E-state index < -0.39 is 15.6 Å². The number of thiophene rings is 1. The Labute approximate surface area is 119 Å². The summed E-state index contributed by atoms with van der Waals surface area (Å²) in [6.07, 6.45) is 0.359. The van der Waals surface area contributed by atoms with E-state index in [1.165, 1.54) is 7.11 Å². The fraction of sp³-hybridized carbons (Fsp3) is 0.600. The van der Waals surface area contributed by atoms with E-state index in [0.717, 1.165) is 11.3 Å². The van der Waals surface area contributed by atoms with Crippen LogP contribution in [0.5, 0.6) is 0 Å². The van der Waals surface area contributed by atoms with Gasteiger partial charge in [-0.3, -0.25) is 0 Å². The average Bonchev–Trinajstić information content (AvgIpc) is 2.71. The standard InChI is InChI=1S/C10H16BrNO4S2/c1-10(13,4-5-16-2)7-12-18(14,15)9-8(11)3-6-17-9/h3,6,12-13H,4-5,7H2,1-2H3. The van der Waals surface area contributed by atoms with Crippen molar-refractivity contribution >= 4 is 37.3 Å². The molecule has 0 spiro atoms. The number of hydrogen-bond acceptors (Lipinski definition) is 5. The lowest BCUT2D eigenvalue weighted by atomic mass is 10.0. The lowest BCUT2D eigenvalue weighted by Crippen LogP contribution is -2.41. The number of rotatable bonds is 7. The summed E-state index contributed by atoms with van der Waals surface area (Å²) >= 11 is 4.29. The predicted molar refractivity (Wildman–Crippen MR) is 74.3 cm³/mol. The Morgan fingerprint density at radius 1 is 1.61 bits per heavy atom. The number of hydrogen-bond donors (Lipinski definition) is 2. The van der Waals surface area contributed by atoms with Gasteiger partial charge >= 0.3 is 0 Å². The zero-order valence-electron chi connectivity index (χ0n) is 10.1. The van der Waals surface area contributed by atoms with Crippen LogP contribution in [0.1, 0.15) is 13.3 Å². The van der Waals surface area contributed by atoms with Crippen LogP contribution in [-0.2, 0) is 14.8 Å². The van der Waals surface area contributed by atoms with Gasteiger partial charge in [-0.05, 0) is 34.3 Å². The average molecular weight is 358 g/mol. The molecule has 0 aromatic carbocycles. The molecule has 2 N–H and O–H groups in total. The van der Waals surface area contributed by atoms with Crippen LogP contribution in [0.3, 0.4) is 0 Å². The van der Waals surface area contributed by atoms with Gasteiger partial charge in [-0.25, -0.2) is 13.1 Å². The second kappa shape index (κ2) is 6.44. The maximum absolute atomic E-state index is 12.0. The van der Waals surface area contributed by atoms with Crippen LogP contribution < -0.4 is 4.72 Å². The topological polar surface area (TPSA) is 75.6 Å². The van der Waals surface area contributed by atoms with Gasteiger partial charge in [-0.15, -0.1) is 11.3 Å². The van der Waals surface area contributed by atoms with Crippen molar-refractivity contribution in [3.05, 3.63) is 15.9 Å². The monoisotopic (exact) mass is 357 g/mol. The van der Waals surface area contributed by atoms with Crippen LogP contribution in [0.25, 0.3) is 0 Å². The van der Waals surface area contributed by atoms with Gasteiger partial charge in [0, 0.05) is 31.2 Å². The molecule has 0 saturated carbocycles. The van der Waals surface area contributed by atoms with Gasteiger partial charge in [-0.1, -0.05) is 0 Å². The molecule has 0 radical (unpaired) electrons. The number of methoxy groups -OCH3 is 1. The van der Waals surface area contributed by atoms with E-state index in [0.29, 0.717) is 17.5 Å². The Hall–Kier alpha value is 0.01000. The molecule has 0 saturated heterocycles. The summed E-state index contributed by atoms with van der Waals surface area (Å²) < 4.78 is 31.9. The van der Waals surface area contributed by atoms with Crippen molar-refractivity contribution < 1.29 is 18.3 Å². The number of nitrogens with one attached hydrogen (secondary N) is 1. The second-order valence-electron chi connectivity index (χ2n) is 4.12. The largest absolute Gasteiger partial charge is 0.389 e. The Balaban J connectivity index is 2.66. The van der Waals surface area contributed by atoms with Crippen molar-refractivity contribution in [2.24, 2.45) is 0 Å². The lowest BCUT2D eigenvalue weighted by Gasteiger charge is -2.23. The summed E-state index contributed by atoms with van der Waals surface area (Å²) in [6, 6.07) is 1.67. The SMILES string of the molecule is COCCC(C)(O)CNS(=O)(=O)c1sccc1Br. The first-order valence-electron chi connectivity index (χ1n) is 5.22. The molecule has 18 heavy (non-hydrogen) atoms. The molecular formula is C10H16BrNO4S2. The first-order valence-corrected chi connectivity index (χ1v) is 8.38. The van der Waals surface area contributed by atoms with Crippen molar-refractivity contribution in [2.75, 3.05) is 20.3 Å². The van der Waals surface area contributed by atoms with Crippen LogP contribution in [0, 0.1) is 0 Å². The highest BCUT2D eigenvalue weighted by atomic mass is 79.9. The Bertz CT molecular complexity index is 484. The zero-order chi connectivity index (χ0) is 13.8. The predicted octanol–water partition coefficient (Wildman–Crippen LogP) is 1.58. The van der Waals surface area contributed by atoms with Crippen molar-refractivity contribution in [2.45, 2.75) is 23.2 Å². The van der Waals surface area contributed by atoms with Crippen LogP contribution in [0.2, 0.25) is 0 Å². The molecule has 0 aliphatic heterocycles. The van der Waals surface area contributed by atoms with E-state index in [1.807, 2.05) is 0 Å². The fourth-order valence-electron chi connectivity index (χ4n) is 1.20. The summed E-state index contributed by atoms with van der Waals surface area (Å²) in [6.45, 7) is 1.89. The zero-order valence-corrected chi connectivity index (χ0v) is 13.4. The Morgan fingerprint density at radius 2 is 2.28 bits per heavy atom. The molecule has 1 aromatic rings. The molecular weight excluding hydrogens is 342 g/mol. The van der Waals surface area contributed by atoms with Crippen LogP contribution >= 0.6 is 27.3 Å². The normalized spacial score (nSPS) is 15.6. The maximum atomic E-state index is 12.0. The van der Waals surface area contributed by atoms with Gasteiger partial charge in [0.05, 0.1) is 5.60 Å². The summed E-state index contributed by atoms with van der Waals surface area (Å²) in [4.78, 5) is 0. The molecule has 1 atom stereocenters. The second-order valence-corrected chi connectivity index (χ2v) is 7.85. The third-order valence-electron chi connectivity index (χ3n) is 2.32. The summed E-state index contributed by atoms with van der Waals surface area (Å²) in [5, 5.41) is 11.6. The third-order valence-corrected chi connectivity index (χ3v) is 6.39. The van der Waals surface area contributed by atoms with E-state index in [4.69, 9.17) is 4.74 Å². The highest BCUT2D eigenvalue weighted by Crippen LogP contribution is 2.27. The van der Waals surface area contributed by atoms with E-state index in [1.54, 1.807) is 18.4 Å². The number of sulfonamides is 1. The molecule has 0 aliphatic rings. The van der Waals surface area contributed by atoms with Crippen LogP contribution in [0.4, 0.5) is 0 Å². The van der Waals surface area contributed by atoms with Crippen LogP contribution in [0.15, 0.2) is 20.1 Å². The smallest absolute Gasteiger partial charge is 0.251 e. The summed E-state index contributed by atoms with van der Waals surface area (Å²) in [7, 11) is -2.05. The number of aliphatic hydroxyl groups is 1. The van der Waals surface area contributed by atoms with Gasteiger partial charge in [0.2, 0.25) is 0 Å². The first kappa shape index (κ1) is 16.1. The molecule has 1 aromatic heterocycles. The summed E-state index contributed by atoms with van der Waals surface area (Å²) in [5.41, 5.74) is -1.13. The summed E-state index contributed by atoms with van der Waals surface area (Å²) in [5.74, 6) is 0. The van der Waals surface area contributed by atoms with Crippen molar-refractivity contribution in [1.29, 1.82) is 0 Å². The van der Waals surface area contributed by atoms with Gasteiger partial charge in [0.1, 0.15) is 4.21 Å². The highest BCUT2D eigenvalue weighted by molar-refractivity contribution is 9.10. The van der Waals surface area contributed by atoms with Gasteiger partial charge in [-0.2, -0.15) is 0 Å². The Morgan fingerprint density at radius 3 is 2.78 bits per heavy atom. The molecule has 0 aliphatic carbocycles. The third kappa shape index (κ3) is 4.60. The van der Waals surface area contributed by atoms with E-state index in [-0.39, 0.29) is 10.8 Å². The maximum Gasteiger partial charge on any atom is 0.251 e. The minimum atomic E-state index is -3.59. The minimum absolute atomic E-state index is 0.0525. The fourth-order valence-corrected chi connectivity index (χ4v) is 4.74. The van der Waals surface area contributed by atoms with Crippen molar-refractivity contribution in [3.8, 4) is 0 Å². The quantitative estimate of drug-likeness (QED) is 0.776. The van der Waals surface area contributed by atoms with E-state index in [9.17, 15) is 13.5 Å². The minimum Gasteiger partial charge on any atom is -0.389 e. The lowest BCUT2D eigenvalue weighted by molar-refractivity contribution is 0.0292. The molecule has 0 amide bonds. The molecule has 0 fully saturated rings. The molecule has 5 nitrogen and oxygen atoms in total. The number of ether oxygens (including phenoxy) is 1. The molecule has 104 valence electrons. The molecule has 0 bridgehead atoms. The molecule has 8 heteroatoms. The van der Waals surface area contributed by atoms with Crippen molar-refractivity contribution in [3.63, 3.8) is 0 Å². The van der Waals surface area contributed by atoms with Gasteiger partial charge in [0.25, 0.3) is 10.0 Å². The Kier molecular flexibility index (Phi) is 5.75. The number of halogens is 1. The van der Waals surface area contributed by atoms with E-state index in [2.05, 4.69) is 20.7 Å². The van der Waals surface area contributed by atoms with Crippen molar-refractivity contribution in [1.82, 2.24) is 4.72 Å². The highest BCUT2D eigenvalue weighted by Gasteiger charge is 2.25. The molecule has 1 rings (SSSR count). The molecule has 1 heterocycles. The van der Waals surface area contributed by atoms with Gasteiger partial charge in [0.15, 0.2) is 0 Å². The van der Waals surface area contributed by atoms with E-state index >= 15 is 0 Å².